The van der Waals surface area contributed by atoms with Gasteiger partial charge < -0.3 is 15.1 Å². The Balaban J connectivity index is 1.71. The van der Waals surface area contributed by atoms with Gasteiger partial charge in [-0.3, -0.25) is 9.59 Å². The van der Waals surface area contributed by atoms with Crippen LogP contribution in [0.5, 0.6) is 0 Å². The summed E-state index contributed by atoms with van der Waals surface area (Å²) < 4.78 is 0. The fourth-order valence-electron chi connectivity index (χ4n) is 3.69. The first-order valence-corrected chi connectivity index (χ1v) is 10.4. The highest BCUT2D eigenvalue weighted by atomic mass is 16.2. The molecule has 5 nitrogen and oxygen atoms in total. The zero-order valence-corrected chi connectivity index (χ0v) is 17.9. The number of amides is 2. The van der Waals surface area contributed by atoms with E-state index in [2.05, 4.69) is 10.2 Å². The first-order chi connectivity index (χ1) is 13.8. The average molecular weight is 394 g/mol. The van der Waals surface area contributed by atoms with Crippen molar-refractivity contribution < 1.29 is 9.59 Å². The summed E-state index contributed by atoms with van der Waals surface area (Å²) in [4.78, 5) is 30.2. The van der Waals surface area contributed by atoms with E-state index in [-0.39, 0.29) is 11.8 Å². The molecule has 2 aromatic carbocycles. The maximum Gasteiger partial charge on any atom is 0.242 e. The van der Waals surface area contributed by atoms with Crippen molar-refractivity contribution in [1.29, 1.82) is 0 Å². The summed E-state index contributed by atoms with van der Waals surface area (Å²) in [6.07, 6.45) is 2.45. The van der Waals surface area contributed by atoms with Gasteiger partial charge >= 0.3 is 0 Å². The Morgan fingerprint density at radius 3 is 2.31 bits per heavy atom. The second-order valence-corrected chi connectivity index (χ2v) is 8.21. The Morgan fingerprint density at radius 1 is 1.07 bits per heavy atom. The number of anilines is 3. The van der Waals surface area contributed by atoms with Gasteiger partial charge in [-0.05, 0) is 82.5 Å². The van der Waals surface area contributed by atoms with E-state index in [1.165, 1.54) is 18.5 Å². The van der Waals surface area contributed by atoms with E-state index in [0.717, 1.165) is 24.3 Å². The van der Waals surface area contributed by atoms with Gasteiger partial charge in [-0.2, -0.15) is 0 Å². The standard InChI is InChI=1S/C24H31N3O2/c1-5-27(21-10-8-9-18(2)17-21)23(29)24(3,4)22(28)25-19-11-13-20(14-12-19)26-15-6-7-16-26/h8-14,17H,5-7,15-16H2,1-4H3,(H,25,28). The fourth-order valence-corrected chi connectivity index (χ4v) is 3.69. The Bertz CT molecular complexity index is 868. The smallest absolute Gasteiger partial charge is 0.242 e. The highest BCUT2D eigenvalue weighted by Crippen LogP contribution is 2.27. The molecule has 0 radical (unpaired) electrons. The Kier molecular flexibility index (Phi) is 6.26. The molecule has 1 saturated heterocycles. The van der Waals surface area contributed by atoms with Crippen LogP contribution < -0.4 is 15.1 Å². The quantitative estimate of drug-likeness (QED) is 0.729. The van der Waals surface area contributed by atoms with Crippen molar-refractivity contribution >= 4 is 28.9 Å². The second-order valence-electron chi connectivity index (χ2n) is 8.21. The summed E-state index contributed by atoms with van der Waals surface area (Å²) in [6.45, 7) is 9.95. The van der Waals surface area contributed by atoms with Crippen molar-refractivity contribution in [2.45, 2.75) is 40.5 Å². The lowest BCUT2D eigenvalue weighted by molar-refractivity contribution is -0.136. The molecular weight excluding hydrogens is 362 g/mol. The van der Waals surface area contributed by atoms with Crippen LogP contribution in [0, 0.1) is 12.3 Å². The van der Waals surface area contributed by atoms with Crippen LogP contribution in [0.15, 0.2) is 48.5 Å². The lowest BCUT2D eigenvalue weighted by Gasteiger charge is -2.30. The third-order valence-corrected chi connectivity index (χ3v) is 5.57. The van der Waals surface area contributed by atoms with Crippen LogP contribution >= 0.6 is 0 Å². The topological polar surface area (TPSA) is 52.7 Å². The van der Waals surface area contributed by atoms with Crippen LogP contribution in [-0.4, -0.2) is 31.4 Å². The monoisotopic (exact) mass is 393 g/mol. The predicted octanol–water partition coefficient (Wildman–Crippen LogP) is 4.61. The van der Waals surface area contributed by atoms with E-state index < -0.39 is 5.41 Å². The van der Waals surface area contributed by atoms with Crippen LogP contribution in [0.3, 0.4) is 0 Å². The lowest BCUT2D eigenvalue weighted by atomic mass is 9.89. The van der Waals surface area contributed by atoms with Crippen LogP contribution in [0.25, 0.3) is 0 Å². The molecule has 0 unspecified atom stereocenters. The highest BCUT2D eigenvalue weighted by Gasteiger charge is 2.39. The minimum absolute atomic E-state index is 0.211. The molecule has 0 saturated carbocycles. The molecule has 1 aliphatic heterocycles. The molecule has 2 aromatic rings. The van der Waals surface area contributed by atoms with Crippen LogP contribution in [0.1, 0.15) is 39.2 Å². The van der Waals surface area contributed by atoms with Crippen LogP contribution in [0.2, 0.25) is 0 Å². The van der Waals surface area contributed by atoms with E-state index in [1.54, 1.807) is 18.7 Å². The number of nitrogens with one attached hydrogen (secondary N) is 1. The number of carbonyl (C=O) groups excluding carboxylic acids is 2. The van der Waals surface area contributed by atoms with Gasteiger partial charge in [0.15, 0.2) is 0 Å². The minimum atomic E-state index is -1.19. The summed E-state index contributed by atoms with van der Waals surface area (Å²) >= 11 is 0. The van der Waals surface area contributed by atoms with E-state index in [0.29, 0.717) is 12.2 Å². The van der Waals surface area contributed by atoms with E-state index in [1.807, 2.05) is 62.4 Å². The molecule has 154 valence electrons. The third-order valence-electron chi connectivity index (χ3n) is 5.57. The van der Waals surface area contributed by atoms with Gasteiger partial charge in [-0.15, -0.1) is 0 Å². The van der Waals surface area contributed by atoms with E-state index in [4.69, 9.17) is 0 Å². The van der Waals surface area contributed by atoms with Crippen LogP contribution in [-0.2, 0) is 9.59 Å². The third kappa shape index (κ3) is 4.61. The Morgan fingerprint density at radius 2 is 1.72 bits per heavy atom. The van der Waals surface area contributed by atoms with Crippen molar-refractivity contribution in [2.75, 3.05) is 34.8 Å². The van der Waals surface area contributed by atoms with Crippen molar-refractivity contribution in [3.05, 3.63) is 54.1 Å². The number of nitrogens with zero attached hydrogens (tertiary/aromatic N) is 2. The largest absolute Gasteiger partial charge is 0.372 e. The highest BCUT2D eigenvalue weighted by molar-refractivity contribution is 6.14. The van der Waals surface area contributed by atoms with Gasteiger partial charge in [0.2, 0.25) is 11.8 Å². The number of carbonyl (C=O) groups is 2. The normalized spacial score (nSPS) is 14.0. The molecule has 3 rings (SSSR count). The molecular formula is C24H31N3O2. The number of hydrogen-bond donors (Lipinski definition) is 1. The zero-order chi connectivity index (χ0) is 21.0. The number of benzene rings is 2. The molecule has 1 N–H and O–H groups in total. The first-order valence-electron chi connectivity index (χ1n) is 10.4. The number of hydrogen-bond acceptors (Lipinski definition) is 3. The van der Waals surface area contributed by atoms with Gasteiger partial charge in [0, 0.05) is 36.7 Å². The molecule has 0 atom stereocenters. The minimum Gasteiger partial charge on any atom is -0.372 e. The predicted molar refractivity (Wildman–Crippen MR) is 120 cm³/mol. The molecule has 29 heavy (non-hydrogen) atoms. The summed E-state index contributed by atoms with van der Waals surface area (Å²) in [7, 11) is 0. The molecule has 0 spiro atoms. The van der Waals surface area contributed by atoms with Gasteiger partial charge in [0.1, 0.15) is 5.41 Å². The number of rotatable bonds is 6. The first kappa shape index (κ1) is 20.9. The van der Waals surface area contributed by atoms with Gasteiger partial charge in [0.25, 0.3) is 0 Å². The fraction of sp³-hybridized carbons (Fsp3) is 0.417. The summed E-state index contributed by atoms with van der Waals surface area (Å²) in [5.41, 5.74) is 2.58. The van der Waals surface area contributed by atoms with Crippen molar-refractivity contribution in [1.82, 2.24) is 0 Å². The Hall–Kier alpha value is -2.82. The van der Waals surface area contributed by atoms with Crippen molar-refractivity contribution in [3.63, 3.8) is 0 Å². The van der Waals surface area contributed by atoms with Gasteiger partial charge in [0.05, 0.1) is 0 Å². The van der Waals surface area contributed by atoms with Gasteiger partial charge in [-0.1, -0.05) is 12.1 Å². The molecule has 1 aliphatic rings. The molecule has 2 amide bonds. The van der Waals surface area contributed by atoms with Gasteiger partial charge in [-0.25, -0.2) is 0 Å². The van der Waals surface area contributed by atoms with Crippen molar-refractivity contribution in [2.24, 2.45) is 5.41 Å². The summed E-state index contributed by atoms with van der Waals surface area (Å²) in [6, 6.07) is 15.7. The molecule has 5 heteroatoms. The molecule has 1 heterocycles. The second kappa shape index (κ2) is 8.68. The zero-order valence-electron chi connectivity index (χ0n) is 17.9. The maximum absolute atomic E-state index is 13.2. The summed E-state index contributed by atoms with van der Waals surface area (Å²) in [5.74, 6) is -0.515. The maximum atomic E-state index is 13.2. The number of aryl methyl sites for hydroxylation is 1. The van der Waals surface area contributed by atoms with Crippen molar-refractivity contribution in [3.8, 4) is 0 Å². The van der Waals surface area contributed by atoms with E-state index >= 15 is 0 Å². The molecule has 0 aliphatic carbocycles. The van der Waals surface area contributed by atoms with E-state index in [9.17, 15) is 9.59 Å². The molecule has 1 fully saturated rings. The average Bonchev–Trinajstić information content (AvgIpc) is 3.24. The molecule has 0 aromatic heterocycles. The summed E-state index contributed by atoms with van der Waals surface area (Å²) in [5, 5.41) is 2.92. The molecule has 0 bridgehead atoms. The van der Waals surface area contributed by atoms with Crippen LogP contribution in [0.4, 0.5) is 17.1 Å². The lowest BCUT2D eigenvalue weighted by Crippen LogP contribution is -2.47. The Labute approximate surface area is 173 Å². The SMILES string of the molecule is CCN(C(=O)C(C)(C)C(=O)Nc1ccc(N2CCCC2)cc1)c1cccc(C)c1.